The van der Waals surface area contributed by atoms with Crippen molar-refractivity contribution >= 4 is 23.7 Å². The highest BCUT2D eigenvalue weighted by atomic mass is 32.2. The Morgan fingerprint density at radius 3 is 2.96 bits per heavy atom. The van der Waals surface area contributed by atoms with Gasteiger partial charge < -0.3 is 25.4 Å². The summed E-state index contributed by atoms with van der Waals surface area (Å²) >= 11 is 1.91. The first-order valence-electron chi connectivity index (χ1n) is 8.75. The maximum atomic E-state index is 11.8. The first-order valence-corrected chi connectivity index (χ1v) is 9.80. The molecule has 2 aliphatic rings. The number of terminal acetylenes is 1. The van der Waals surface area contributed by atoms with Crippen LogP contribution < -0.4 is 16.0 Å². The van der Waals surface area contributed by atoms with Crippen molar-refractivity contribution in [2.75, 3.05) is 38.7 Å². The number of nitrogens with one attached hydrogen (secondary N) is 3. The number of hydrogen-bond donors (Lipinski definition) is 3. The smallest absolute Gasteiger partial charge is 0.315 e. The van der Waals surface area contributed by atoms with Crippen molar-refractivity contribution in [3.8, 4) is 12.3 Å². The Kier molecular flexibility index (Phi) is 8.94. The molecule has 2 rings (SSSR count). The van der Waals surface area contributed by atoms with Crippen LogP contribution in [0.1, 0.15) is 25.7 Å². The predicted octanol–water partition coefficient (Wildman–Crippen LogP) is 0.495. The van der Waals surface area contributed by atoms with Gasteiger partial charge in [0, 0.05) is 24.0 Å². The molecule has 0 aromatic rings. The average molecular weight is 369 g/mol. The van der Waals surface area contributed by atoms with Gasteiger partial charge in [0.2, 0.25) is 5.91 Å². The zero-order valence-electron chi connectivity index (χ0n) is 14.4. The molecule has 0 radical (unpaired) electrons. The van der Waals surface area contributed by atoms with E-state index in [1.54, 1.807) is 0 Å². The number of rotatable bonds is 12. The monoisotopic (exact) mass is 369 g/mol. The third-order valence-electron chi connectivity index (χ3n) is 4.21. The molecule has 0 bridgehead atoms. The lowest BCUT2D eigenvalue weighted by atomic mass is 10.0. The molecule has 7 nitrogen and oxygen atoms in total. The number of thioether (sulfide) groups is 1. The normalized spacial score (nSPS) is 24.3. The molecule has 3 atom stereocenters. The summed E-state index contributed by atoms with van der Waals surface area (Å²) in [6.45, 7) is 2.22. The van der Waals surface area contributed by atoms with Gasteiger partial charge in [-0.25, -0.2) is 4.79 Å². The van der Waals surface area contributed by atoms with E-state index in [0.29, 0.717) is 44.6 Å². The van der Waals surface area contributed by atoms with E-state index in [1.165, 1.54) is 0 Å². The van der Waals surface area contributed by atoms with Crippen LogP contribution in [-0.4, -0.2) is 68.0 Å². The van der Waals surface area contributed by atoms with Crippen LogP contribution >= 0.6 is 11.8 Å². The highest BCUT2D eigenvalue weighted by molar-refractivity contribution is 8.00. The Hall–Kier alpha value is -1.43. The number of fused-ring (bicyclic) bond motifs is 1. The molecular formula is C17H27N3O4S. The van der Waals surface area contributed by atoms with Gasteiger partial charge in [-0.3, -0.25) is 4.79 Å². The molecule has 2 aliphatic heterocycles. The zero-order chi connectivity index (χ0) is 17.9. The predicted molar refractivity (Wildman–Crippen MR) is 97.4 cm³/mol. The zero-order valence-corrected chi connectivity index (χ0v) is 15.2. The van der Waals surface area contributed by atoms with E-state index in [-0.39, 0.29) is 24.0 Å². The molecule has 0 aromatic heterocycles. The Bertz CT molecular complexity index is 483. The number of carbonyl (C=O) groups excluding carboxylic acids is 2. The Morgan fingerprint density at radius 1 is 1.28 bits per heavy atom. The number of hydrogen-bond acceptors (Lipinski definition) is 5. The van der Waals surface area contributed by atoms with Crippen LogP contribution in [0.2, 0.25) is 0 Å². The second kappa shape index (κ2) is 11.2. The molecule has 2 saturated heterocycles. The minimum Gasteiger partial charge on any atom is -0.377 e. The molecule has 2 fully saturated rings. The fraction of sp³-hybridized carbons (Fsp3) is 0.765. The lowest BCUT2D eigenvalue weighted by Crippen LogP contribution is -2.36. The lowest BCUT2D eigenvalue weighted by molar-refractivity contribution is -0.121. The highest BCUT2D eigenvalue weighted by Crippen LogP contribution is 2.33. The average Bonchev–Trinajstić information content (AvgIpc) is 3.13. The van der Waals surface area contributed by atoms with Gasteiger partial charge >= 0.3 is 6.03 Å². The Morgan fingerprint density at radius 2 is 2.12 bits per heavy atom. The summed E-state index contributed by atoms with van der Waals surface area (Å²) < 4.78 is 10.4. The van der Waals surface area contributed by atoms with Crippen molar-refractivity contribution < 1.29 is 19.1 Å². The number of unbranched alkanes of at least 4 members (excludes halogenated alkanes) is 1. The maximum Gasteiger partial charge on any atom is 0.315 e. The molecule has 140 valence electrons. The van der Waals surface area contributed by atoms with Gasteiger partial charge in [0.15, 0.2) is 0 Å². The molecule has 25 heavy (non-hydrogen) atoms. The standard InChI is InChI=1S/C17H27N3O4S/c1-2-8-23-10-11-24-9-7-18-15(21)6-4-3-5-14-16-13(12-25-14)19-17(22)20-16/h1,13-14,16H,3-12H2,(H,18,21)(H2,19,20,22). The van der Waals surface area contributed by atoms with Gasteiger partial charge in [-0.1, -0.05) is 12.3 Å². The van der Waals surface area contributed by atoms with Crippen LogP contribution in [-0.2, 0) is 14.3 Å². The van der Waals surface area contributed by atoms with E-state index in [4.69, 9.17) is 15.9 Å². The topological polar surface area (TPSA) is 88.7 Å². The highest BCUT2D eigenvalue weighted by Gasteiger charge is 2.42. The molecule has 3 unspecified atom stereocenters. The number of carbonyl (C=O) groups is 2. The van der Waals surface area contributed by atoms with E-state index < -0.39 is 0 Å². The van der Waals surface area contributed by atoms with Crippen molar-refractivity contribution in [3.05, 3.63) is 0 Å². The van der Waals surface area contributed by atoms with Crippen molar-refractivity contribution in [1.82, 2.24) is 16.0 Å². The summed E-state index contributed by atoms with van der Waals surface area (Å²) in [5.41, 5.74) is 0. The maximum absolute atomic E-state index is 11.8. The Balaban J connectivity index is 1.41. The second-order valence-corrected chi connectivity index (χ2v) is 7.36. The van der Waals surface area contributed by atoms with Gasteiger partial charge in [-0.05, 0) is 12.8 Å². The quantitative estimate of drug-likeness (QED) is 0.265. The first kappa shape index (κ1) is 19.9. The van der Waals surface area contributed by atoms with Crippen molar-refractivity contribution in [1.29, 1.82) is 0 Å². The van der Waals surface area contributed by atoms with E-state index in [2.05, 4.69) is 21.9 Å². The molecule has 0 aromatic carbocycles. The lowest BCUT2D eigenvalue weighted by Gasteiger charge is -2.16. The third-order valence-corrected chi connectivity index (χ3v) is 5.72. The van der Waals surface area contributed by atoms with E-state index >= 15 is 0 Å². The molecule has 3 amide bonds. The van der Waals surface area contributed by atoms with Crippen LogP contribution in [0.3, 0.4) is 0 Å². The van der Waals surface area contributed by atoms with E-state index in [9.17, 15) is 9.59 Å². The van der Waals surface area contributed by atoms with E-state index in [0.717, 1.165) is 25.0 Å². The summed E-state index contributed by atoms with van der Waals surface area (Å²) in [5.74, 6) is 3.41. The minimum atomic E-state index is -0.0514. The molecule has 0 saturated carbocycles. The molecule has 8 heteroatoms. The summed E-state index contributed by atoms with van der Waals surface area (Å²) in [4.78, 5) is 23.1. The van der Waals surface area contributed by atoms with E-state index in [1.807, 2.05) is 11.8 Å². The van der Waals surface area contributed by atoms with Gasteiger partial charge in [0.25, 0.3) is 0 Å². The summed E-state index contributed by atoms with van der Waals surface area (Å²) in [7, 11) is 0. The van der Waals surface area contributed by atoms with Crippen LogP contribution in [0, 0.1) is 12.3 Å². The molecule has 0 spiro atoms. The van der Waals surface area contributed by atoms with Crippen LogP contribution in [0.5, 0.6) is 0 Å². The number of ether oxygens (including phenoxy) is 2. The van der Waals surface area contributed by atoms with Crippen molar-refractivity contribution in [2.24, 2.45) is 0 Å². The van der Waals surface area contributed by atoms with Crippen LogP contribution in [0.4, 0.5) is 4.79 Å². The van der Waals surface area contributed by atoms with Gasteiger partial charge in [0.05, 0.1) is 31.9 Å². The molecule has 2 heterocycles. The van der Waals surface area contributed by atoms with Crippen LogP contribution in [0.15, 0.2) is 0 Å². The van der Waals surface area contributed by atoms with Crippen LogP contribution in [0.25, 0.3) is 0 Å². The molecule has 0 aliphatic carbocycles. The SMILES string of the molecule is C#CCOCCOCCNC(=O)CCCCC1SCC2NC(=O)NC21. The van der Waals surface area contributed by atoms with Crippen molar-refractivity contribution in [2.45, 2.75) is 43.0 Å². The fourth-order valence-corrected chi connectivity index (χ4v) is 4.52. The molecule has 3 N–H and O–H groups in total. The third kappa shape index (κ3) is 7.14. The summed E-state index contributed by atoms with van der Waals surface area (Å²) in [6.07, 6.45) is 8.47. The minimum absolute atomic E-state index is 0.0514. The molecular weight excluding hydrogens is 342 g/mol. The largest absolute Gasteiger partial charge is 0.377 e. The Labute approximate surface area is 153 Å². The second-order valence-electron chi connectivity index (χ2n) is 6.09. The van der Waals surface area contributed by atoms with Gasteiger partial charge in [-0.15, -0.1) is 6.42 Å². The summed E-state index contributed by atoms with van der Waals surface area (Å²) in [6, 6.07) is 0.459. The number of amides is 3. The first-order chi connectivity index (χ1) is 12.2. The fourth-order valence-electron chi connectivity index (χ4n) is 2.98. The van der Waals surface area contributed by atoms with Crippen molar-refractivity contribution in [3.63, 3.8) is 0 Å². The van der Waals surface area contributed by atoms with Gasteiger partial charge in [0.1, 0.15) is 6.61 Å². The number of urea groups is 1. The summed E-state index contributed by atoms with van der Waals surface area (Å²) in [5, 5.41) is 9.23. The van der Waals surface area contributed by atoms with Gasteiger partial charge in [-0.2, -0.15) is 11.8 Å².